The summed E-state index contributed by atoms with van der Waals surface area (Å²) in [5.41, 5.74) is 2.74. The van der Waals surface area contributed by atoms with Crippen molar-refractivity contribution in [1.29, 1.82) is 0 Å². The van der Waals surface area contributed by atoms with Gasteiger partial charge in [-0.2, -0.15) is 5.10 Å². The van der Waals surface area contributed by atoms with Crippen LogP contribution in [-0.4, -0.2) is 15.6 Å². The third-order valence-electron chi connectivity index (χ3n) is 2.91. The fourth-order valence-corrected chi connectivity index (χ4v) is 1.77. The van der Waals surface area contributed by atoms with E-state index in [-0.39, 0.29) is 5.78 Å². The summed E-state index contributed by atoms with van der Waals surface area (Å²) in [6, 6.07) is 9.90. The smallest absolute Gasteiger partial charge is 0.168 e. The van der Waals surface area contributed by atoms with Gasteiger partial charge in [0.15, 0.2) is 5.78 Å². The number of aromatic nitrogens is 2. The molecule has 0 bridgehead atoms. The number of aryl methyl sites for hydroxylation is 1. The van der Waals surface area contributed by atoms with E-state index < -0.39 is 0 Å². The minimum Gasteiger partial charge on any atom is -0.294 e. The van der Waals surface area contributed by atoms with E-state index >= 15 is 0 Å². The van der Waals surface area contributed by atoms with Crippen LogP contribution in [0.1, 0.15) is 41.5 Å². The van der Waals surface area contributed by atoms with Gasteiger partial charge < -0.3 is 0 Å². The molecular weight excluding hydrogens is 224 g/mol. The molecule has 18 heavy (non-hydrogen) atoms. The molecule has 1 aromatic carbocycles. The number of Topliss-reactive ketones (excluding diaryl/α,β-unsaturated/α-hetero) is 1. The number of carbonyl (C=O) groups is 1. The van der Waals surface area contributed by atoms with Crippen molar-refractivity contribution in [3.63, 3.8) is 0 Å². The Morgan fingerprint density at radius 1 is 1.22 bits per heavy atom. The van der Waals surface area contributed by atoms with Gasteiger partial charge in [0.25, 0.3) is 0 Å². The maximum absolute atomic E-state index is 12.1. The minimum absolute atomic E-state index is 0.115. The van der Waals surface area contributed by atoms with Crippen LogP contribution in [0.2, 0.25) is 0 Å². The SMILES string of the molecule is Cc1ccc(C(=O)Cc2ccn(C(C)C)n2)cc1. The number of benzene rings is 1. The minimum atomic E-state index is 0.115. The first-order valence-electron chi connectivity index (χ1n) is 6.20. The molecule has 0 spiro atoms. The lowest BCUT2D eigenvalue weighted by atomic mass is 10.1. The van der Waals surface area contributed by atoms with E-state index in [1.165, 1.54) is 0 Å². The Morgan fingerprint density at radius 3 is 2.44 bits per heavy atom. The van der Waals surface area contributed by atoms with Crippen molar-refractivity contribution in [3.8, 4) is 0 Å². The molecule has 2 aromatic rings. The summed E-state index contributed by atoms with van der Waals surface area (Å²) in [6.45, 7) is 6.15. The van der Waals surface area contributed by atoms with Crippen molar-refractivity contribution in [3.05, 3.63) is 53.3 Å². The fourth-order valence-electron chi connectivity index (χ4n) is 1.77. The summed E-state index contributed by atoms with van der Waals surface area (Å²) in [5.74, 6) is 0.115. The molecule has 0 aliphatic carbocycles. The van der Waals surface area contributed by atoms with Crippen LogP contribution in [0.25, 0.3) is 0 Å². The van der Waals surface area contributed by atoms with Crippen molar-refractivity contribution in [2.24, 2.45) is 0 Å². The summed E-state index contributed by atoms with van der Waals surface area (Å²) in [6.07, 6.45) is 2.28. The lowest BCUT2D eigenvalue weighted by Crippen LogP contribution is -2.06. The average molecular weight is 242 g/mol. The van der Waals surface area contributed by atoms with Gasteiger partial charge in [0.1, 0.15) is 0 Å². The lowest BCUT2D eigenvalue weighted by molar-refractivity contribution is 0.0991. The van der Waals surface area contributed by atoms with Crippen molar-refractivity contribution in [1.82, 2.24) is 9.78 Å². The molecule has 0 amide bonds. The number of ketones is 1. The van der Waals surface area contributed by atoms with Crippen LogP contribution in [0, 0.1) is 6.92 Å². The second kappa shape index (κ2) is 5.17. The van der Waals surface area contributed by atoms with Crippen molar-refractivity contribution in [2.75, 3.05) is 0 Å². The maximum Gasteiger partial charge on any atom is 0.168 e. The summed E-state index contributed by atoms with van der Waals surface area (Å²) in [5, 5.41) is 4.39. The monoisotopic (exact) mass is 242 g/mol. The van der Waals surface area contributed by atoms with Crippen LogP contribution >= 0.6 is 0 Å². The van der Waals surface area contributed by atoms with E-state index in [1.807, 2.05) is 48.1 Å². The molecular formula is C15H18N2O. The Bertz CT molecular complexity index is 538. The van der Waals surface area contributed by atoms with Crippen molar-refractivity contribution >= 4 is 5.78 Å². The second-order valence-electron chi connectivity index (χ2n) is 4.85. The normalized spacial score (nSPS) is 10.9. The molecule has 0 saturated carbocycles. The Labute approximate surface area is 107 Å². The van der Waals surface area contributed by atoms with E-state index in [0.717, 1.165) is 16.8 Å². The average Bonchev–Trinajstić information content (AvgIpc) is 2.78. The number of rotatable bonds is 4. The zero-order valence-electron chi connectivity index (χ0n) is 11.1. The van der Waals surface area contributed by atoms with Gasteiger partial charge >= 0.3 is 0 Å². The third-order valence-corrected chi connectivity index (χ3v) is 2.91. The molecule has 1 heterocycles. The predicted molar refractivity (Wildman–Crippen MR) is 71.8 cm³/mol. The first-order valence-corrected chi connectivity index (χ1v) is 6.20. The Kier molecular flexibility index (Phi) is 3.60. The molecule has 94 valence electrons. The molecule has 2 rings (SSSR count). The van der Waals surface area contributed by atoms with Gasteiger partial charge in [0.2, 0.25) is 0 Å². The zero-order valence-corrected chi connectivity index (χ0v) is 11.1. The van der Waals surface area contributed by atoms with Gasteiger partial charge in [-0.25, -0.2) is 0 Å². The lowest BCUT2D eigenvalue weighted by Gasteiger charge is -2.04. The Morgan fingerprint density at radius 2 is 1.89 bits per heavy atom. The van der Waals surface area contributed by atoms with E-state index in [9.17, 15) is 4.79 Å². The topological polar surface area (TPSA) is 34.9 Å². The molecule has 0 N–H and O–H groups in total. The van der Waals surface area contributed by atoms with Gasteiger partial charge in [-0.05, 0) is 26.8 Å². The highest BCUT2D eigenvalue weighted by Gasteiger charge is 2.09. The molecule has 3 nitrogen and oxygen atoms in total. The van der Waals surface area contributed by atoms with Gasteiger partial charge in [-0.3, -0.25) is 9.48 Å². The van der Waals surface area contributed by atoms with Crippen LogP contribution in [0.4, 0.5) is 0 Å². The molecule has 3 heteroatoms. The first-order chi connectivity index (χ1) is 8.56. The van der Waals surface area contributed by atoms with Crippen molar-refractivity contribution < 1.29 is 4.79 Å². The number of hydrogen-bond acceptors (Lipinski definition) is 2. The van der Waals surface area contributed by atoms with Gasteiger partial charge in [0, 0.05) is 17.8 Å². The first kappa shape index (κ1) is 12.6. The zero-order chi connectivity index (χ0) is 13.1. The highest BCUT2D eigenvalue weighted by atomic mass is 16.1. The van der Waals surface area contributed by atoms with Crippen LogP contribution < -0.4 is 0 Å². The van der Waals surface area contributed by atoms with E-state index in [1.54, 1.807) is 0 Å². The number of nitrogens with zero attached hydrogens (tertiary/aromatic N) is 2. The largest absolute Gasteiger partial charge is 0.294 e. The highest BCUT2D eigenvalue weighted by molar-refractivity contribution is 5.97. The second-order valence-corrected chi connectivity index (χ2v) is 4.85. The summed E-state index contributed by atoms with van der Waals surface area (Å²) in [4.78, 5) is 12.1. The highest BCUT2D eigenvalue weighted by Crippen LogP contribution is 2.09. The quantitative estimate of drug-likeness (QED) is 0.772. The third kappa shape index (κ3) is 2.86. The summed E-state index contributed by atoms with van der Waals surface area (Å²) < 4.78 is 1.87. The molecule has 0 fully saturated rings. The van der Waals surface area contributed by atoms with E-state index in [4.69, 9.17) is 0 Å². The van der Waals surface area contributed by atoms with Crippen LogP contribution in [0.15, 0.2) is 36.5 Å². The number of hydrogen-bond donors (Lipinski definition) is 0. The summed E-state index contributed by atoms with van der Waals surface area (Å²) >= 11 is 0. The molecule has 0 unspecified atom stereocenters. The van der Waals surface area contributed by atoms with Gasteiger partial charge in [0.05, 0.1) is 12.1 Å². The van der Waals surface area contributed by atoms with Gasteiger partial charge in [-0.15, -0.1) is 0 Å². The van der Waals surface area contributed by atoms with Crippen LogP contribution in [0.5, 0.6) is 0 Å². The molecule has 0 atom stereocenters. The molecule has 0 saturated heterocycles. The molecule has 0 radical (unpaired) electrons. The molecule has 0 aliphatic heterocycles. The molecule has 1 aromatic heterocycles. The van der Waals surface area contributed by atoms with E-state index in [2.05, 4.69) is 18.9 Å². The standard InChI is InChI=1S/C15H18N2O/c1-11(2)17-9-8-14(16-17)10-15(18)13-6-4-12(3)5-7-13/h4-9,11H,10H2,1-3H3. The Balaban J connectivity index is 2.08. The van der Waals surface area contributed by atoms with Crippen molar-refractivity contribution in [2.45, 2.75) is 33.2 Å². The maximum atomic E-state index is 12.1. The predicted octanol–water partition coefficient (Wildman–Crippen LogP) is 3.20. The fraction of sp³-hybridized carbons (Fsp3) is 0.333. The van der Waals surface area contributed by atoms with E-state index in [0.29, 0.717) is 12.5 Å². The summed E-state index contributed by atoms with van der Waals surface area (Å²) in [7, 11) is 0. The van der Waals surface area contributed by atoms with Crippen LogP contribution in [0.3, 0.4) is 0 Å². The number of carbonyl (C=O) groups excluding carboxylic acids is 1. The van der Waals surface area contributed by atoms with Gasteiger partial charge in [-0.1, -0.05) is 29.8 Å². The molecule has 0 aliphatic rings. The Hall–Kier alpha value is -1.90. The van der Waals surface area contributed by atoms with Crippen LogP contribution in [-0.2, 0) is 6.42 Å².